The average Bonchev–Trinajstić information content (AvgIpc) is 3.31. The van der Waals surface area contributed by atoms with E-state index in [1.807, 2.05) is 0 Å². The largest absolute Gasteiger partial charge is 0.493 e. The molecular weight excluding hydrogens is 426 g/mol. The van der Waals surface area contributed by atoms with Gasteiger partial charge in [0.05, 0.1) is 19.6 Å². The Morgan fingerprint density at radius 2 is 1.70 bits per heavy atom. The lowest BCUT2D eigenvalue weighted by atomic mass is 10.1. The summed E-state index contributed by atoms with van der Waals surface area (Å²) in [7, 11) is 3.09. The molecule has 1 aliphatic heterocycles. The van der Waals surface area contributed by atoms with Gasteiger partial charge in [-0.1, -0.05) is 0 Å². The number of methoxy groups -OCH3 is 2. The topological polar surface area (TPSA) is 96.2 Å². The summed E-state index contributed by atoms with van der Waals surface area (Å²) >= 11 is 0. The number of hydrogen-bond acceptors (Lipinski definition) is 7. The molecule has 0 atom stereocenters. The molecule has 0 unspecified atom stereocenters. The molecule has 33 heavy (non-hydrogen) atoms. The highest BCUT2D eigenvalue weighted by Gasteiger charge is 2.17. The van der Waals surface area contributed by atoms with E-state index in [9.17, 15) is 9.59 Å². The molecule has 0 saturated carbocycles. The van der Waals surface area contributed by atoms with Crippen LogP contribution < -0.4 is 29.7 Å². The van der Waals surface area contributed by atoms with E-state index in [0.717, 1.165) is 0 Å². The second-order valence-corrected chi connectivity index (χ2v) is 7.28. The Labute approximate surface area is 188 Å². The van der Waals surface area contributed by atoms with Crippen molar-refractivity contribution in [1.82, 2.24) is 0 Å². The summed E-state index contributed by atoms with van der Waals surface area (Å²) < 4.78 is 27.1. The van der Waals surface area contributed by atoms with Crippen molar-refractivity contribution in [3.63, 3.8) is 0 Å². The van der Waals surface area contributed by atoms with Gasteiger partial charge in [0, 0.05) is 22.9 Å². The third-order valence-electron chi connectivity index (χ3n) is 5.29. The summed E-state index contributed by atoms with van der Waals surface area (Å²) in [5.41, 5.74) is 1.71. The van der Waals surface area contributed by atoms with E-state index in [-0.39, 0.29) is 18.1 Å². The van der Waals surface area contributed by atoms with Gasteiger partial charge in [0.25, 0.3) is 5.91 Å². The fourth-order valence-electron chi connectivity index (χ4n) is 3.61. The van der Waals surface area contributed by atoms with E-state index >= 15 is 0 Å². The summed E-state index contributed by atoms with van der Waals surface area (Å²) in [6.45, 7) is 0.131. The van der Waals surface area contributed by atoms with E-state index in [1.54, 1.807) is 61.7 Å². The molecule has 0 radical (unpaired) electrons. The smallest absolute Gasteiger partial charge is 0.255 e. The van der Waals surface area contributed by atoms with Crippen LogP contribution in [0.4, 0.5) is 5.69 Å². The van der Waals surface area contributed by atoms with Gasteiger partial charge in [-0.25, -0.2) is 0 Å². The van der Waals surface area contributed by atoms with Crippen molar-refractivity contribution in [2.24, 2.45) is 0 Å². The van der Waals surface area contributed by atoms with Gasteiger partial charge in [0.1, 0.15) is 11.3 Å². The molecule has 0 bridgehead atoms. The van der Waals surface area contributed by atoms with Crippen molar-refractivity contribution in [2.45, 2.75) is 0 Å². The highest BCUT2D eigenvalue weighted by atomic mass is 16.7. The van der Waals surface area contributed by atoms with Gasteiger partial charge in [-0.15, -0.1) is 0 Å². The summed E-state index contributed by atoms with van der Waals surface area (Å²) in [5, 5.41) is 3.15. The van der Waals surface area contributed by atoms with Gasteiger partial charge in [-0.05, 0) is 54.6 Å². The van der Waals surface area contributed by atoms with Crippen LogP contribution in [-0.4, -0.2) is 26.9 Å². The van der Waals surface area contributed by atoms with Crippen LogP contribution in [0.1, 0.15) is 10.4 Å². The zero-order valence-electron chi connectivity index (χ0n) is 17.8. The Balaban J connectivity index is 1.44. The zero-order chi connectivity index (χ0) is 22.9. The molecule has 8 heteroatoms. The van der Waals surface area contributed by atoms with E-state index in [4.69, 9.17) is 23.4 Å². The number of carbonyl (C=O) groups is 1. The van der Waals surface area contributed by atoms with Crippen molar-refractivity contribution < 1.29 is 28.2 Å². The Kier molecular flexibility index (Phi) is 5.10. The third kappa shape index (κ3) is 3.82. The van der Waals surface area contributed by atoms with Gasteiger partial charge in [0.15, 0.2) is 28.4 Å². The molecule has 166 valence electrons. The molecule has 0 saturated heterocycles. The monoisotopic (exact) mass is 445 g/mol. The predicted octanol–water partition coefficient (Wildman–Crippen LogP) is 4.46. The number of benzene rings is 3. The highest BCUT2D eigenvalue weighted by molar-refractivity contribution is 6.05. The van der Waals surface area contributed by atoms with Crippen LogP contribution in [0.3, 0.4) is 0 Å². The fraction of sp³-hybridized carbons (Fsp3) is 0.120. The number of anilines is 1. The maximum atomic E-state index is 12.8. The molecule has 8 nitrogen and oxygen atoms in total. The van der Waals surface area contributed by atoms with Crippen molar-refractivity contribution >= 4 is 22.6 Å². The van der Waals surface area contributed by atoms with E-state index in [0.29, 0.717) is 56.5 Å². The minimum Gasteiger partial charge on any atom is -0.493 e. The van der Waals surface area contributed by atoms with Crippen LogP contribution in [0.2, 0.25) is 0 Å². The zero-order valence-corrected chi connectivity index (χ0v) is 17.8. The number of nitrogens with one attached hydrogen (secondary N) is 1. The molecule has 1 amide bonds. The molecule has 0 aliphatic carbocycles. The number of rotatable bonds is 5. The van der Waals surface area contributed by atoms with Crippen LogP contribution in [0.5, 0.6) is 23.0 Å². The first-order valence-electron chi connectivity index (χ1n) is 10.1. The molecule has 3 aromatic carbocycles. The minimum atomic E-state index is -0.334. The Morgan fingerprint density at radius 1 is 0.879 bits per heavy atom. The second-order valence-electron chi connectivity index (χ2n) is 7.28. The molecule has 1 aliphatic rings. The molecule has 4 aromatic rings. The SMILES string of the molecule is COc1ccc(-c2cc(=O)c3cc(NC(=O)c4ccc5c(c4)OCO5)ccc3o2)cc1OC. The Hall–Kier alpha value is -4.46. The molecule has 2 heterocycles. The molecule has 0 fully saturated rings. The predicted molar refractivity (Wildman–Crippen MR) is 122 cm³/mol. The number of ether oxygens (including phenoxy) is 4. The van der Waals surface area contributed by atoms with Crippen molar-refractivity contribution in [2.75, 3.05) is 26.3 Å². The first-order valence-corrected chi connectivity index (χ1v) is 10.1. The molecule has 0 spiro atoms. The number of fused-ring (bicyclic) bond motifs is 2. The van der Waals surface area contributed by atoms with Gasteiger partial charge < -0.3 is 28.7 Å². The highest BCUT2D eigenvalue weighted by Crippen LogP contribution is 2.34. The average molecular weight is 445 g/mol. The van der Waals surface area contributed by atoms with Crippen molar-refractivity contribution in [3.05, 3.63) is 76.5 Å². The fourth-order valence-corrected chi connectivity index (χ4v) is 3.61. The minimum absolute atomic E-state index is 0.131. The normalized spacial score (nSPS) is 11.9. The summed E-state index contributed by atoms with van der Waals surface area (Å²) in [6, 6.07) is 16.5. The van der Waals surface area contributed by atoms with E-state index < -0.39 is 0 Å². The lowest BCUT2D eigenvalue weighted by Gasteiger charge is -2.10. The number of hydrogen-bond donors (Lipinski definition) is 1. The lowest BCUT2D eigenvalue weighted by Crippen LogP contribution is -2.12. The van der Waals surface area contributed by atoms with Crippen LogP contribution in [0.15, 0.2) is 69.9 Å². The quantitative estimate of drug-likeness (QED) is 0.485. The first kappa shape index (κ1) is 20.4. The maximum Gasteiger partial charge on any atom is 0.255 e. The Bertz CT molecular complexity index is 1440. The molecule has 5 rings (SSSR count). The van der Waals surface area contributed by atoms with E-state index in [1.165, 1.54) is 13.2 Å². The summed E-state index contributed by atoms with van der Waals surface area (Å²) in [5.74, 6) is 2.28. The van der Waals surface area contributed by atoms with Gasteiger partial charge in [-0.3, -0.25) is 9.59 Å². The maximum absolute atomic E-state index is 12.8. The van der Waals surface area contributed by atoms with Gasteiger partial charge in [0.2, 0.25) is 6.79 Å². The molecular formula is C25H19NO7. The van der Waals surface area contributed by atoms with Crippen LogP contribution in [0.25, 0.3) is 22.3 Å². The van der Waals surface area contributed by atoms with Crippen LogP contribution >= 0.6 is 0 Å². The number of amides is 1. The summed E-state index contributed by atoms with van der Waals surface area (Å²) in [4.78, 5) is 25.5. The third-order valence-corrected chi connectivity index (χ3v) is 5.29. The number of carbonyl (C=O) groups excluding carboxylic acids is 1. The van der Waals surface area contributed by atoms with E-state index in [2.05, 4.69) is 5.32 Å². The second kappa shape index (κ2) is 8.23. The van der Waals surface area contributed by atoms with Crippen molar-refractivity contribution in [1.29, 1.82) is 0 Å². The summed E-state index contributed by atoms with van der Waals surface area (Å²) in [6.07, 6.45) is 0. The Morgan fingerprint density at radius 3 is 2.52 bits per heavy atom. The van der Waals surface area contributed by atoms with Crippen molar-refractivity contribution in [3.8, 4) is 34.3 Å². The molecule has 1 N–H and O–H groups in total. The van der Waals surface area contributed by atoms with Gasteiger partial charge >= 0.3 is 0 Å². The first-order chi connectivity index (χ1) is 16.1. The standard InChI is InChI=1S/C25H19NO7/c1-29-20-6-3-14(9-23(20)30-2)22-12-18(27)17-11-16(5-8-19(17)33-22)26-25(28)15-4-7-21-24(10-15)32-13-31-21/h3-12H,13H2,1-2H3,(H,26,28). The lowest BCUT2D eigenvalue weighted by molar-refractivity contribution is 0.102. The van der Waals surface area contributed by atoms with Crippen LogP contribution in [0, 0.1) is 0 Å². The molecule has 1 aromatic heterocycles. The van der Waals surface area contributed by atoms with Crippen LogP contribution in [-0.2, 0) is 0 Å². The van der Waals surface area contributed by atoms with Gasteiger partial charge in [-0.2, -0.15) is 0 Å².